The van der Waals surface area contributed by atoms with Crippen LogP contribution in [0.2, 0.25) is 5.02 Å². The van der Waals surface area contributed by atoms with Crippen molar-refractivity contribution in [2.45, 2.75) is 19.3 Å². The zero-order valence-corrected chi connectivity index (χ0v) is 13.1. The van der Waals surface area contributed by atoms with Gasteiger partial charge in [0.25, 0.3) is 5.91 Å². The predicted molar refractivity (Wildman–Crippen MR) is 81.8 cm³/mol. The van der Waals surface area contributed by atoms with Crippen LogP contribution in [0.4, 0.5) is 0 Å². The number of nitrogens with zero attached hydrogens (tertiary/aromatic N) is 1. The zero-order valence-electron chi connectivity index (χ0n) is 10.8. The molecule has 19 heavy (non-hydrogen) atoms. The number of halogens is 2. The second kappa shape index (κ2) is 7.27. The van der Waals surface area contributed by atoms with Gasteiger partial charge in [-0.05, 0) is 60.1 Å². The van der Waals surface area contributed by atoms with Crippen molar-refractivity contribution in [3.8, 4) is 0 Å². The Labute approximate surface area is 127 Å². The third-order valence-corrected chi connectivity index (χ3v) is 4.58. The van der Waals surface area contributed by atoms with Crippen LogP contribution in [0.1, 0.15) is 29.6 Å². The van der Waals surface area contributed by atoms with Crippen molar-refractivity contribution in [1.82, 2.24) is 10.2 Å². The Morgan fingerprint density at radius 1 is 1.32 bits per heavy atom. The molecule has 2 rings (SSSR count). The lowest BCUT2D eigenvalue weighted by molar-refractivity contribution is 0.0946. The van der Waals surface area contributed by atoms with Crippen LogP contribution in [-0.4, -0.2) is 37.0 Å². The summed E-state index contributed by atoms with van der Waals surface area (Å²) in [6, 6.07) is 5.25. The maximum absolute atomic E-state index is 11.9. The highest BCUT2D eigenvalue weighted by Crippen LogP contribution is 2.23. The second-order valence-corrected chi connectivity index (χ2v) is 6.05. The smallest absolute Gasteiger partial charge is 0.251 e. The molecule has 1 N–H and O–H groups in total. The summed E-state index contributed by atoms with van der Waals surface area (Å²) in [5.74, 6) is -0.0635. The fraction of sp³-hybridized carbons (Fsp3) is 0.500. The molecule has 1 aliphatic heterocycles. The van der Waals surface area contributed by atoms with Crippen molar-refractivity contribution in [3.63, 3.8) is 0 Å². The van der Waals surface area contributed by atoms with Gasteiger partial charge in [0, 0.05) is 23.1 Å². The Hall–Kier alpha value is -0.580. The van der Waals surface area contributed by atoms with Gasteiger partial charge in [-0.15, -0.1) is 0 Å². The molecule has 1 aromatic carbocycles. The second-order valence-electron chi connectivity index (χ2n) is 4.79. The van der Waals surface area contributed by atoms with Crippen LogP contribution in [0, 0.1) is 0 Å². The first-order chi connectivity index (χ1) is 9.16. The van der Waals surface area contributed by atoms with Crippen molar-refractivity contribution < 1.29 is 4.79 Å². The number of rotatable bonds is 4. The highest BCUT2D eigenvalue weighted by molar-refractivity contribution is 9.10. The van der Waals surface area contributed by atoms with E-state index < -0.39 is 0 Å². The fourth-order valence-electron chi connectivity index (χ4n) is 2.25. The van der Waals surface area contributed by atoms with Gasteiger partial charge in [0.05, 0.1) is 5.02 Å². The minimum atomic E-state index is -0.0635. The fourth-order valence-corrected chi connectivity index (χ4v) is 2.68. The van der Waals surface area contributed by atoms with Crippen molar-refractivity contribution in [2.24, 2.45) is 0 Å². The summed E-state index contributed by atoms with van der Waals surface area (Å²) in [5, 5.41) is 3.50. The SMILES string of the molecule is O=C(NCCN1CCCCC1)c1ccc(Br)c(Cl)c1. The van der Waals surface area contributed by atoms with Gasteiger partial charge >= 0.3 is 0 Å². The average molecular weight is 346 g/mol. The van der Waals surface area contributed by atoms with Crippen molar-refractivity contribution in [3.05, 3.63) is 33.3 Å². The van der Waals surface area contributed by atoms with E-state index in [9.17, 15) is 4.79 Å². The molecule has 1 amide bonds. The van der Waals surface area contributed by atoms with Crippen LogP contribution >= 0.6 is 27.5 Å². The molecule has 104 valence electrons. The summed E-state index contributed by atoms with van der Waals surface area (Å²) in [4.78, 5) is 14.3. The summed E-state index contributed by atoms with van der Waals surface area (Å²) in [5.41, 5.74) is 0.604. The largest absolute Gasteiger partial charge is 0.351 e. The molecule has 1 heterocycles. The highest BCUT2D eigenvalue weighted by atomic mass is 79.9. The molecule has 0 bridgehead atoms. The summed E-state index contributed by atoms with van der Waals surface area (Å²) in [6.45, 7) is 3.92. The van der Waals surface area contributed by atoms with E-state index in [0.29, 0.717) is 17.1 Å². The quantitative estimate of drug-likeness (QED) is 0.908. The molecule has 0 radical (unpaired) electrons. The topological polar surface area (TPSA) is 32.3 Å². The van der Waals surface area contributed by atoms with Gasteiger partial charge in [-0.2, -0.15) is 0 Å². The maximum Gasteiger partial charge on any atom is 0.251 e. The minimum absolute atomic E-state index is 0.0635. The van der Waals surface area contributed by atoms with Gasteiger partial charge in [-0.3, -0.25) is 4.79 Å². The highest BCUT2D eigenvalue weighted by Gasteiger charge is 2.11. The summed E-state index contributed by atoms with van der Waals surface area (Å²) in [6.07, 6.45) is 3.88. The van der Waals surface area contributed by atoms with Crippen LogP contribution in [0.25, 0.3) is 0 Å². The third-order valence-electron chi connectivity index (χ3n) is 3.34. The Balaban J connectivity index is 1.78. The van der Waals surface area contributed by atoms with Crippen molar-refractivity contribution in [2.75, 3.05) is 26.2 Å². The van der Waals surface area contributed by atoms with E-state index in [1.54, 1.807) is 18.2 Å². The zero-order chi connectivity index (χ0) is 13.7. The molecule has 0 aromatic heterocycles. The molecule has 0 spiro atoms. The monoisotopic (exact) mass is 344 g/mol. The van der Waals surface area contributed by atoms with E-state index >= 15 is 0 Å². The van der Waals surface area contributed by atoms with E-state index in [1.165, 1.54) is 19.3 Å². The molecular formula is C14H18BrClN2O. The normalized spacial score (nSPS) is 16.3. The maximum atomic E-state index is 11.9. The number of hydrogen-bond donors (Lipinski definition) is 1. The first-order valence-electron chi connectivity index (χ1n) is 6.62. The van der Waals surface area contributed by atoms with Crippen molar-refractivity contribution in [1.29, 1.82) is 0 Å². The first kappa shape index (κ1) is 14.8. The Kier molecular flexibility index (Phi) is 5.67. The molecule has 0 saturated carbocycles. The van der Waals surface area contributed by atoms with E-state index in [1.807, 2.05) is 0 Å². The van der Waals surface area contributed by atoms with Crippen molar-refractivity contribution >= 4 is 33.4 Å². The summed E-state index contributed by atoms with van der Waals surface area (Å²) < 4.78 is 0.805. The first-order valence-corrected chi connectivity index (χ1v) is 7.79. The average Bonchev–Trinajstić information content (AvgIpc) is 2.43. The van der Waals surface area contributed by atoms with Gasteiger partial charge in [0.15, 0.2) is 0 Å². The number of carbonyl (C=O) groups is 1. The standard InChI is InChI=1S/C14H18BrClN2O/c15-12-5-4-11(10-13(12)16)14(19)17-6-9-18-7-2-1-3-8-18/h4-5,10H,1-3,6-9H2,(H,17,19). The minimum Gasteiger partial charge on any atom is -0.351 e. The summed E-state index contributed by atoms with van der Waals surface area (Å²) >= 11 is 9.29. The number of hydrogen-bond acceptors (Lipinski definition) is 2. The van der Waals surface area contributed by atoms with Crippen LogP contribution in [-0.2, 0) is 0 Å². The van der Waals surface area contributed by atoms with Gasteiger partial charge in [0.2, 0.25) is 0 Å². The van der Waals surface area contributed by atoms with Crippen LogP contribution in [0.5, 0.6) is 0 Å². The number of nitrogens with one attached hydrogen (secondary N) is 1. The number of benzene rings is 1. The molecule has 0 unspecified atom stereocenters. The van der Waals surface area contributed by atoms with Gasteiger partial charge in [0.1, 0.15) is 0 Å². The molecule has 1 aromatic rings. The van der Waals surface area contributed by atoms with Crippen LogP contribution in [0.3, 0.4) is 0 Å². The molecular weight excluding hydrogens is 328 g/mol. The van der Waals surface area contributed by atoms with E-state index in [2.05, 4.69) is 26.1 Å². The van der Waals surface area contributed by atoms with E-state index in [-0.39, 0.29) is 5.91 Å². The van der Waals surface area contributed by atoms with Crippen LogP contribution < -0.4 is 5.32 Å². The molecule has 5 heteroatoms. The lowest BCUT2D eigenvalue weighted by atomic mass is 10.1. The number of amides is 1. The molecule has 1 aliphatic rings. The van der Waals surface area contributed by atoms with Gasteiger partial charge in [-0.25, -0.2) is 0 Å². The van der Waals surface area contributed by atoms with Crippen LogP contribution in [0.15, 0.2) is 22.7 Å². The number of piperidine rings is 1. The van der Waals surface area contributed by atoms with E-state index in [4.69, 9.17) is 11.6 Å². The third kappa shape index (κ3) is 4.48. The van der Waals surface area contributed by atoms with E-state index in [0.717, 1.165) is 24.1 Å². The summed E-state index contributed by atoms with van der Waals surface area (Å²) in [7, 11) is 0. The predicted octanol–water partition coefficient (Wildman–Crippen LogP) is 3.32. The Morgan fingerprint density at radius 3 is 2.74 bits per heavy atom. The molecule has 0 atom stereocenters. The number of carbonyl (C=O) groups excluding carboxylic acids is 1. The molecule has 1 saturated heterocycles. The molecule has 1 fully saturated rings. The van der Waals surface area contributed by atoms with Gasteiger partial charge < -0.3 is 10.2 Å². The van der Waals surface area contributed by atoms with Gasteiger partial charge in [-0.1, -0.05) is 18.0 Å². The lowest BCUT2D eigenvalue weighted by Crippen LogP contribution is -2.37. The Morgan fingerprint density at radius 2 is 2.05 bits per heavy atom. The molecule has 3 nitrogen and oxygen atoms in total. The number of likely N-dealkylation sites (tertiary alicyclic amines) is 1. The Bertz CT molecular complexity index is 447. The lowest BCUT2D eigenvalue weighted by Gasteiger charge is -2.26. The molecule has 0 aliphatic carbocycles.